The number of carbonyl (C=O) groups excluding carboxylic acids is 1. The number of nitrogens with zero attached hydrogens (tertiary/aromatic N) is 4. The first kappa shape index (κ1) is 17.7. The molecule has 0 saturated carbocycles. The van der Waals surface area contributed by atoms with E-state index in [1.54, 1.807) is 4.68 Å². The molecule has 27 heavy (non-hydrogen) atoms. The Balaban J connectivity index is 1.35. The van der Waals surface area contributed by atoms with E-state index in [0.717, 1.165) is 24.8 Å². The van der Waals surface area contributed by atoms with Crippen molar-refractivity contribution in [2.45, 2.75) is 37.0 Å². The number of tetrazole rings is 1. The van der Waals surface area contributed by atoms with Crippen LogP contribution in [0.3, 0.4) is 0 Å². The van der Waals surface area contributed by atoms with Crippen molar-refractivity contribution in [1.29, 1.82) is 0 Å². The number of hydrogen-bond acceptors (Lipinski definition) is 5. The Morgan fingerprint density at radius 3 is 2.85 bits per heavy atom. The number of aromatic nitrogens is 4. The highest BCUT2D eigenvalue weighted by atomic mass is 32.2. The summed E-state index contributed by atoms with van der Waals surface area (Å²) in [4.78, 5) is 12.5. The van der Waals surface area contributed by atoms with Gasteiger partial charge >= 0.3 is 0 Å². The van der Waals surface area contributed by atoms with Gasteiger partial charge in [-0.1, -0.05) is 66.4 Å². The lowest BCUT2D eigenvalue weighted by Gasteiger charge is -2.26. The summed E-state index contributed by atoms with van der Waals surface area (Å²) < 4.78 is 1.73. The van der Waals surface area contributed by atoms with E-state index in [-0.39, 0.29) is 11.9 Å². The first-order valence-corrected chi connectivity index (χ1v) is 10.1. The van der Waals surface area contributed by atoms with E-state index in [9.17, 15) is 4.79 Å². The summed E-state index contributed by atoms with van der Waals surface area (Å²) in [6, 6.07) is 18.5. The summed E-state index contributed by atoms with van der Waals surface area (Å²) in [5.74, 6) is 0.310. The van der Waals surface area contributed by atoms with E-state index in [0.29, 0.717) is 17.5 Å². The van der Waals surface area contributed by atoms with Gasteiger partial charge in [-0.25, -0.2) is 4.68 Å². The van der Waals surface area contributed by atoms with Crippen LogP contribution in [-0.4, -0.2) is 31.9 Å². The predicted molar refractivity (Wildman–Crippen MR) is 104 cm³/mol. The first-order valence-electron chi connectivity index (χ1n) is 9.09. The second kappa shape index (κ2) is 8.35. The number of benzene rings is 2. The maximum absolute atomic E-state index is 12.5. The lowest BCUT2D eigenvalue weighted by atomic mass is 9.88. The number of nitrogens with one attached hydrogen (secondary N) is 1. The molecule has 0 radical (unpaired) electrons. The van der Waals surface area contributed by atoms with Gasteiger partial charge in [0.25, 0.3) is 0 Å². The van der Waals surface area contributed by atoms with Gasteiger partial charge in [0.15, 0.2) is 0 Å². The Hall–Kier alpha value is -2.67. The number of aryl methyl sites for hydroxylation is 1. The van der Waals surface area contributed by atoms with Gasteiger partial charge in [-0.15, -0.1) is 5.10 Å². The number of fused-ring (bicyclic) bond motifs is 1. The van der Waals surface area contributed by atoms with E-state index in [4.69, 9.17) is 0 Å². The lowest BCUT2D eigenvalue weighted by molar-refractivity contribution is -0.119. The van der Waals surface area contributed by atoms with E-state index in [2.05, 4.69) is 39.0 Å². The molecule has 0 bridgehead atoms. The summed E-state index contributed by atoms with van der Waals surface area (Å²) in [6.07, 6.45) is 3.18. The Bertz CT molecular complexity index is 912. The summed E-state index contributed by atoms with van der Waals surface area (Å²) in [6.45, 7) is 0.591. The smallest absolute Gasteiger partial charge is 0.230 e. The molecule has 0 spiro atoms. The predicted octanol–water partition coefficient (Wildman–Crippen LogP) is 3.01. The monoisotopic (exact) mass is 379 g/mol. The minimum absolute atomic E-state index is 0.0102. The average Bonchev–Trinajstić information content (AvgIpc) is 3.14. The van der Waals surface area contributed by atoms with Crippen molar-refractivity contribution in [3.63, 3.8) is 0 Å². The van der Waals surface area contributed by atoms with Crippen LogP contribution < -0.4 is 5.32 Å². The third-order valence-electron chi connectivity index (χ3n) is 4.71. The van der Waals surface area contributed by atoms with Crippen LogP contribution in [0.4, 0.5) is 0 Å². The molecule has 1 aliphatic rings. The molecule has 0 fully saturated rings. The topological polar surface area (TPSA) is 72.7 Å². The van der Waals surface area contributed by atoms with Gasteiger partial charge in [-0.2, -0.15) is 0 Å². The van der Waals surface area contributed by atoms with Crippen molar-refractivity contribution >= 4 is 17.7 Å². The summed E-state index contributed by atoms with van der Waals surface area (Å²) in [7, 11) is 0. The van der Waals surface area contributed by atoms with E-state index < -0.39 is 0 Å². The van der Waals surface area contributed by atoms with Gasteiger partial charge in [-0.05, 0) is 46.4 Å². The van der Waals surface area contributed by atoms with Crippen LogP contribution in [0.2, 0.25) is 0 Å². The van der Waals surface area contributed by atoms with Crippen LogP contribution in [-0.2, 0) is 17.8 Å². The maximum atomic E-state index is 12.5. The number of carbonyl (C=O) groups is 1. The largest absolute Gasteiger partial charge is 0.349 e. The number of rotatable bonds is 6. The molecule has 138 valence electrons. The molecule has 0 saturated heterocycles. The molecule has 1 atom stereocenters. The van der Waals surface area contributed by atoms with Gasteiger partial charge in [0, 0.05) is 0 Å². The minimum Gasteiger partial charge on any atom is -0.349 e. The Kier molecular flexibility index (Phi) is 5.48. The van der Waals surface area contributed by atoms with Gasteiger partial charge in [0.05, 0.1) is 18.3 Å². The van der Waals surface area contributed by atoms with Crippen LogP contribution in [0, 0.1) is 0 Å². The van der Waals surface area contributed by atoms with Crippen molar-refractivity contribution in [2.24, 2.45) is 0 Å². The molecule has 4 rings (SSSR count). The highest BCUT2D eigenvalue weighted by Gasteiger charge is 2.21. The van der Waals surface area contributed by atoms with Crippen molar-refractivity contribution in [1.82, 2.24) is 25.5 Å². The number of hydrogen-bond donors (Lipinski definition) is 1. The second-order valence-corrected chi connectivity index (χ2v) is 7.55. The second-order valence-electron chi connectivity index (χ2n) is 6.60. The minimum atomic E-state index is 0.0102. The average molecular weight is 379 g/mol. The fourth-order valence-electron chi connectivity index (χ4n) is 3.43. The van der Waals surface area contributed by atoms with Crippen molar-refractivity contribution in [3.8, 4) is 0 Å². The Labute approximate surface area is 162 Å². The quantitative estimate of drug-likeness (QED) is 0.667. The molecule has 1 N–H and O–H groups in total. The molecule has 1 heterocycles. The third-order valence-corrected chi connectivity index (χ3v) is 5.67. The lowest BCUT2D eigenvalue weighted by Crippen LogP contribution is -2.32. The highest BCUT2D eigenvalue weighted by molar-refractivity contribution is 7.99. The molecule has 1 aromatic heterocycles. The van der Waals surface area contributed by atoms with Gasteiger partial charge in [0.2, 0.25) is 11.1 Å². The molecular weight excluding hydrogens is 358 g/mol. The van der Waals surface area contributed by atoms with Crippen molar-refractivity contribution in [3.05, 3.63) is 71.3 Å². The molecule has 0 aliphatic heterocycles. The molecule has 7 heteroatoms. The Morgan fingerprint density at radius 2 is 1.96 bits per heavy atom. The first-order chi connectivity index (χ1) is 13.3. The normalized spacial score (nSPS) is 15.9. The van der Waals surface area contributed by atoms with Crippen LogP contribution in [0.5, 0.6) is 0 Å². The summed E-state index contributed by atoms with van der Waals surface area (Å²) in [5, 5.41) is 15.7. The van der Waals surface area contributed by atoms with Gasteiger partial charge < -0.3 is 5.32 Å². The zero-order valence-electron chi connectivity index (χ0n) is 14.9. The molecule has 1 unspecified atom stereocenters. The zero-order valence-corrected chi connectivity index (χ0v) is 15.7. The van der Waals surface area contributed by atoms with Gasteiger partial charge in [-0.3, -0.25) is 4.79 Å². The molecular formula is C20H21N5OS. The van der Waals surface area contributed by atoms with Crippen LogP contribution in [0.25, 0.3) is 0 Å². The molecule has 1 amide bonds. The summed E-state index contributed by atoms with van der Waals surface area (Å²) in [5.41, 5.74) is 3.71. The van der Waals surface area contributed by atoms with E-state index >= 15 is 0 Å². The maximum Gasteiger partial charge on any atom is 0.230 e. The SMILES string of the molecule is O=C(CSc1nnnn1Cc1ccccc1)NC1CCCc2ccccc21. The zero-order chi connectivity index (χ0) is 18.5. The van der Waals surface area contributed by atoms with Crippen LogP contribution in [0.1, 0.15) is 35.6 Å². The standard InChI is InChI=1S/C20H21N5OS/c26-19(21-18-12-6-10-16-9-4-5-11-17(16)18)14-27-20-22-23-24-25(20)13-15-7-2-1-3-8-15/h1-5,7-9,11,18H,6,10,12-14H2,(H,21,26). The van der Waals surface area contributed by atoms with Crippen LogP contribution in [0.15, 0.2) is 59.8 Å². The van der Waals surface area contributed by atoms with Crippen LogP contribution >= 0.6 is 11.8 Å². The highest BCUT2D eigenvalue weighted by Crippen LogP contribution is 2.29. The fourth-order valence-corrected chi connectivity index (χ4v) is 4.11. The van der Waals surface area contributed by atoms with E-state index in [1.807, 2.05) is 36.4 Å². The number of thioether (sulfide) groups is 1. The number of amides is 1. The van der Waals surface area contributed by atoms with E-state index in [1.165, 1.54) is 22.9 Å². The van der Waals surface area contributed by atoms with Crippen molar-refractivity contribution in [2.75, 3.05) is 5.75 Å². The molecule has 2 aromatic carbocycles. The van der Waals surface area contributed by atoms with Crippen molar-refractivity contribution < 1.29 is 4.79 Å². The van der Waals surface area contributed by atoms with Gasteiger partial charge in [0.1, 0.15) is 0 Å². The molecule has 6 nitrogen and oxygen atoms in total. The molecule has 3 aromatic rings. The Morgan fingerprint density at radius 1 is 1.15 bits per heavy atom. The molecule has 1 aliphatic carbocycles. The fraction of sp³-hybridized carbons (Fsp3) is 0.300. The third kappa shape index (κ3) is 4.36. The summed E-state index contributed by atoms with van der Waals surface area (Å²) >= 11 is 1.37.